The summed E-state index contributed by atoms with van der Waals surface area (Å²) in [5, 5.41) is 0.973. The first-order valence-corrected chi connectivity index (χ1v) is 7.35. The van der Waals surface area contributed by atoms with Crippen molar-refractivity contribution in [2.24, 2.45) is 0 Å². The van der Waals surface area contributed by atoms with Gasteiger partial charge in [0.25, 0.3) is 0 Å². The molecule has 0 unspecified atom stereocenters. The largest absolute Gasteiger partial charge is 0.490 e. The lowest BCUT2D eigenvalue weighted by atomic mass is 9.95. The highest BCUT2D eigenvalue weighted by molar-refractivity contribution is 6.33. The number of likely N-dealkylation sites (N-methyl/N-ethyl adjacent to an activating group) is 1. The maximum Gasteiger partial charge on any atom is 0.120 e. The highest BCUT2D eigenvalue weighted by Gasteiger charge is 2.24. The Kier molecular flexibility index (Phi) is 3.55. The van der Waals surface area contributed by atoms with E-state index in [4.69, 9.17) is 16.3 Å². The number of ether oxygens (including phenoxy) is 1. The summed E-state index contributed by atoms with van der Waals surface area (Å²) in [7, 11) is 2.11. The lowest BCUT2D eigenvalue weighted by Crippen LogP contribution is -2.26. The van der Waals surface area contributed by atoms with Gasteiger partial charge in [0.05, 0.1) is 6.10 Å². The quantitative estimate of drug-likeness (QED) is 0.833. The molecule has 0 spiro atoms. The van der Waals surface area contributed by atoms with Gasteiger partial charge >= 0.3 is 0 Å². The topological polar surface area (TPSA) is 12.5 Å². The maximum absolute atomic E-state index is 6.45. The Hall–Kier alpha value is -0.990. The van der Waals surface area contributed by atoms with Gasteiger partial charge < -0.3 is 9.64 Å². The fourth-order valence-electron chi connectivity index (χ4n) is 2.51. The number of hydrogen-bond acceptors (Lipinski definition) is 2. The molecule has 0 bridgehead atoms. The molecule has 2 nitrogen and oxygen atoms in total. The molecule has 3 heteroatoms. The molecule has 1 aliphatic heterocycles. The molecule has 0 atom stereocenters. The van der Waals surface area contributed by atoms with Crippen molar-refractivity contribution >= 4 is 17.2 Å². The second-order valence-corrected chi connectivity index (χ2v) is 6.12. The third-order valence-electron chi connectivity index (χ3n) is 3.84. The second-order valence-electron chi connectivity index (χ2n) is 5.67. The Morgan fingerprint density at radius 3 is 2.79 bits per heavy atom. The molecule has 0 N–H and O–H groups in total. The van der Waals surface area contributed by atoms with Crippen LogP contribution in [0.25, 0.3) is 5.57 Å². The Morgan fingerprint density at radius 2 is 2.11 bits per heavy atom. The normalized spacial score (nSPS) is 20.8. The summed E-state index contributed by atoms with van der Waals surface area (Å²) < 4.78 is 5.89. The van der Waals surface area contributed by atoms with Crippen molar-refractivity contribution in [3.05, 3.63) is 34.4 Å². The molecule has 19 heavy (non-hydrogen) atoms. The van der Waals surface area contributed by atoms with E-state index < -0.39 is 0 Å². The van der Waals surface area contributed by atoms with Crippen molar-refractivity contribution in [2.75, 3.05) is 20.1 Å². The first-order chi connectivity index (χ1) is 9.13. The van der Waals surface area contributed by atoms with Gasteiger partial charge in [0.1, 0.15) is 5.75 Å². The van der Waals surface area contributed by atoms with E-state index >= 15 is 0 Å². The van der Waals surface area contributed by atoms with E-state index in [1.165, 1.54) is 29.5 Å². The van der Waals surface area contributed by atoms with Gasteiger partial charge in [0, 0.05) is 18.1 Å². The van der Waals surface area contributed by atoms with Crippen molar-refractivity contribution in [3.8, 4) is 5.75 Å². The molecule has 102 valence electrons. The second kappa shape index (κ2) is 5.18. The van der Waals surface area contributed by atoms with Gasteiger partial charge in [-0.2, -0.15) is 0 Å². The Labute approximate surface area is 120 Å². The Balaban J connectivity index is 1.91. The van der Waals surface area contributed by atoms with Crippen LogP contribution in [0.3, 0.4) is 0 Å². The van der Waals surface area contributed by atoms with Crippen LogP contribution in [0.2, 0.25) is 0 Å². The summed E-state index contributed by atoms with van der Waals surface area (Å²) in [5.74, 6) is 0.985. The molecule has 0 amide bonds. The molecule has 0 saturated heterocycles. The predicted octanol–water partition coefficient (Wildman–Crippen LogP) is 3.82. The third-order valence-corrected chi connectivity index (χ3v) is 4.19. The summed E-state index contributed by atoms with van der Waals surface area (Å²) in [5.41, 5.74) is 3.83. The predicted molar refractivity (Wildman–Crippen MR) is 79.7 cm³/mol. The fourth-order valence-corrected chi connectivity index (χ4v) is 2.91. The van der Waals surface area contributed by atoms with Gasteiger partial charge in [0.15, 0.2) is 0 Å². The first kappa shape index (κ1) is 13.0. The number of aryl methyl sites for hydroxylation is 1. The molecule has 1 aliphatic carbocycles. The number of halogens is 1. The Bertz CT molecular complexity index is 519. The molecule has 1 saturated carbocycles. The zero-order chi connectivity index (χ0) is 13.4. The Morgan fingerprint density at radius 1 is 1.32 bits per heavy atom. The van der Waals surface area contributed by atoms with E-state index in [1.807, 2.05) is 0 Å². The van der Waals surface area contributed by atoms with Gasteiger partial charge in [-0.3, -0.25) is 0 Å². The number of benzene rings is 1. The molecule has 0 aromatic heterocycles. The molecule has 1 heterocycles. The minimum Gasteiger partial charge on any atom is -0.490 e. The maximum atomic E-state index is 6.45. The van der Waals surface area contributed by atoms with E-state index in [9.17, 15) is 0 Å². The number of hydrogen-bond donors (Lipinski definition) is 0. The van der Waals surface area contributed by atoms with E-state index in [2.05, 4.69) is 37.1 Å². The van der Waals surface area contributed by atoms with Crippen LogP contribution in [-0.4, -0.2) is 31.1 Å². The monoisotopic (exact) mass is 277 g/mol. The average Bonchev–Trinajstić information content (AvgIpc) is 3.16. The van der Waals surface area contributed by atoms with Crippen LogP contribution in [0.4, 0.5) is 0 Å². The molecule has 3 rings (SSSR count). The fraction of sp³-hybridized carbons (Fsp3) is 0.500. The minimum absolute atomic E-state index is 0.442. The van der Waals surface area contributed by atoms with Crippen molar-refractivity contribution < 1.29 is 4.74 Å². The van der Waals surface area contributed by atoms with E-state index in [0.717, 1.165) is 30.3 Å². The van der Waals surface area contributed by atoms with Crippen molar-refractivity contribution in [2.45, 2.75) is 32.3 Å². The summed E-state index contributed by atoms with van der Waals surface area (Å²) >= 11 is 6.45. The number of nitrogens with zero attached hydrogens (tertiary/aromatic N) is 1. The van der Waals surface area contributed by atoms with Crippen LogP contribution in [-0.2, 0) is 0 Å². The van der Waals surface area contributed by atoms with E-state index in [0.29, 0.717) is 6.10 Å². The van der Waals surface area contributed by atoms with Gasteiger partial charge in [-0.15, -0.1) is 0 Å². The molecular formula is C16H20ClNO. The van der Waals surface area contributed by atoms with Crippen LogP contribution in [0.1, 0.15) is 30.4 Å². The van der Waals surface area contributed by atoms with Crippen LogP contribution >= 0.6 is 11.6 Å². The number of rotatable bonds is 3. The SMILES string of the molecule is Cc1ccc(OC2CC2)cc1C1=C(Cl)CN(C)CC1. The van der Waals surface area contributed by atoms with Crippen molar-refractivity contribution in [1.82, 2.24) is 4.90 Å². The van der Waals surface area contributed by atoms with Crippen molar-refractivity contribution in [3.63, 3.8) is 0 Å². The molecule has 2 aliphatic rings. The first-order valence-electron chi connectivity index (χ1n) is 6.97. The highest BCUT2D eigenvalue weighted by Crippen LogP contribution is 2.34. The summed E-state index contributed by atoms with van der Waals surface area (Å²) in [6, 6.07) is 6.37. The van der Waals surface area contributed by atoms with E-state index in [1.54, 1.807) is 0 Å². The summed E-state index contributed by atoms with van der Waals surface area (Å²) in [6.07, 6.45) is 3.84. The zero-order valence-corrected chi connectivity index (χ0v) is 12.3. The smallest absolute Gasteiger partial charge is 0.120 e. The average molecular weight is 278 g/mol. The lowest BCUT2D eigenvalue weighted by Gasteiger charge is -2.26. The van der Waals surface area contributed by atoms with Gasteiger partial charge in [-0.1, -0.05) is 17.7 Å². The van der Waals surface area contributed by atoms with E-state index in [-0.39, 0.29) is 0 Å². The zero-order valence-electron chi connectivity index (χ0n) is 11.6. The summed E-state index contributed by atoms with van der Waals surface area (Å²) in [4.78, 5) is 2.26. The van der Waals surface area contributed by atoms with Crippen LogP contribution in [0.5, 0.6) is 5.75 Å². The summed E-state index contributed by atoms with van der Waals surface area (Å²) in [6.45, 7) is 4.06. The van der Waals surface area contributed by atoms with Gasteiger partial charge in [-0.25, -0.2) is 0 Å². The van der Waals surface area contributed by atoms with Gasteiger partial charge in [0.2, 0.25) is 0 Å². The molecule has 1 aromatic carbocycles. The standard InChI is InChI=1S/C16H20ClNO/c1-11-3-4-13(19-12-5-6-12)9-15(11)14-7-8-18(2)10-16(14)17/h3-4,9,12H,5-8,10H2,1-2H3. The van der Waals surface area contributed by atoms with Crippen LogP contribution in [0.15, 0.2) is 23.2 Å². The minimum atomic E-state index is 0.442. The van der Waals surface area contributed by atoms with Crippen LogP contribution < -0.4 is 4.74 Å². The molecule has 1 fully saturated rings. The van der Waals surface area contributed by atoms with Crippen LogP contribution in [0, 0.1) is 6.92 Å². The molecule has 0 radical (unpaired) electrons. The molecule has 1 aromatic rings. The third kappa shape index (κ3) is 2.96. The molecular weight excluding hydrogens is 258 g/mol. The lowest BCUT2D eigenvalue weighted by molar-refractivity contribution is 0.303. The highest BCUT2D eigenvalue weighted by atomic mass is 35.5. The van der Waals surface area contributed by atoms with Gasteiger partial charge in [-0.05, 0) is 62.1 Å². The van der Waals surface area contributed by atoms with Crippen molar-refractivity contribution in [1.29, 1.82) is 0 Å².